The Balaban J connectivity index is 0.00000757. The number of aromatic nitrogens is 3. The molecule has 10 aromatic rings. The van der Waals surface area contributed by atoms with E-state index in [4.69, 9.17) is 14.1 Å². The van der Waals surface area contributed by atoms with Crippen LogP contribution in [0.1, 0.15) is 98.4 Å². The number of phenols is 1. The summed E-state index contributed by atoms with van der Waals surface area (Å²) < 4.78 is 53.6. The average Bonchev–Trinajstić information content (AvgIpc) is 4.01. The van der Waals surface area contributed by atoms with Crippen molar-refractivity contribution in [1.82, 2.24) is 14.5 Å². The van der Waals surface area contributed by atoms with Gasteiger partial charge in [0.1, 0.15) is 11.6 Å². The Morgan fingerprint density at radius 1 is 0.507 bits per heavy atom. The van der Waals surface area contributed by atoms with Crippen LogP contribution in [0.15, 0.2) is 182 Å². The zero-order valence-electron chi connectivity index (χ0n) is 48.9. The maximum absolute atomic E-state index is 12.7. The molecule has 0 unspecified atom stereocenters. The summed E-state index contributed by atoms with van der Waals surface area (Å²) in [6.45, 7) is 14.4. The number of aromatic hydroxyl groups is 1. The minimum atomic E-state index is -2.60. The molecule has 0 spiro atoms. The minimum Gasteiger partial charge on any atom is -0.507 e. The van der Waals surface area contributed by atoms with Crippen LogP contribution in [-0.2, 0) is 37.3 Å². The topological polar surface area (TPSA) is 50.9 Å². The van der Waals surface area contributed by atoms with E-state index in [0.29, 0.717) is 33.8 Å². The molecule has 73 heavy (non-hydrogen) atoms. The van der Waals surface area contributed by atoms with E-state index >= 15 is 0 Å². The minimum absolute atomic E-state index is 0. The molecule has 0 aliphatic rings. The van der Waals surface area contributed by atoms with Crippen LogP contribution in [0.25, 0.3) is 95.0 Å². The van der Waals surface area contributed by atoms with Gasteiger partial charge in [-0.05, 0) is 116 Å². The van der Waals surface area contributed by atoms with Gasteiger partial charge in [0.25, 0.3) is 0 Å². The quantitative estimate of drug-likeness (QED) is 0.154. The van der Waals surface area contributed by atoms with E-state index in [1.54, 1.807) is 18.3 Å². The molecule has 8 aromatic carbocycles. The van der Waals surface area contributed by atoms with Crippen LogP contribution < -0.4 is 0 Å². The van der Waals surface area contributed by atoms with E-state index in [1.165, 1.54) is 0 Å². The van der Waals surface area contributed by atoms with Gasteiger partial charge in [0.05, 0.1) is 22.3 Å². The summed E-state index contributed by atoms with van der Waals surface area (Å²) in [5.74, 6) is 0.467. The Morgan fingerprint density at radius 2 is 1.15 bits per heavy atom. The first kappa shape index (κ1) is 43.5. The fraction of sp³-hybridized carbons (Fsp3) is 0.206. The average molecular weight is 1140 g/mol. The monoisotopic (exact) mass is 1140 g/mol. The summed E-state index contributed by atoms with van der Waals surface area (Å²) in [6, 6.07) is 61.2. The second-order valence-electron chi connectivity index (χ2n) is 22.0. The van der Waals surface area contributed by atoms with Crippen molar-refractivity contribution >= 4 is 11.0 Å². The van der Waals surface area contributed by atoms with Crippen molar-refractivity contribution < 1.29 is 34.4 Å². The molecule has 0 saturated carbocycles. The molecule has 0 atom stereocenters. The molecular weight excluding hydrogens is 1070 g/mol. The van der Waals surface area contributed by atoms with Crippen molar-refractivity contribution in [2.24, 2.45) is 0 Å². The summed E-state index contributed by atoms with van der Waals surface area (Å²) in [4.78, 5) is 10.4. The van der Waals surface area contributed by atoms with Crippen LogP contribution >= 0.6 is 0 Å². The third-order valence-electron chi connectivity index (χ3n) is 13.7. The number of aryl methyl sites for hydroxylation is 2. The predicted molar refractivity (Wildman–Crippen MR) is 303 cm³/mol. The number of phenolic OH excluding ortho intramolecular Hbond substituents is 1. The van der Waals surface area contributed by atoms with Crippen LogP contribution in [0.3, 0.4) is 0 Å². The largest absolute Gasteiger partial charge is 0.507 e. The molecule has 0 radical (unpaired) electrons. The smallest absolute Gasteiger partial charge is 0.148 e. The van der Waals surface area contributed by atoms with E-state index in [9.17, 15) is 9.22 Å². The zero-order chi connectivity index (χ0) is 55.7. The van der Waals surface area contributed by atoms with E-state index < -0.39 is 19.1 Å². The molecule has 368 valence electrons. The first-order valence-electron chi connectivity index (χ1n) is 27.7. The first-order chi connectivity index (χ1) is 36.8. The van der Waals surface area contributed by atoms with E-state index in [2.05, 4.69) is 129 Å². The van der Waals surface area contributed by atoms with Crippen molar-refractivity contribution in [3.8, 4) is 89.7 Å². The second-order valence-corrected chi connectivity index (χ2v) is 22.0. The van der Waals surface area contributed by atoms with E-state index in [1.807, 2.05) is 108 Å². The number of para-hydroxylation sites is 1. The van der Waals surface area contributed by atoms with Gasteiger partial charge in [-0.25, -0.2) is 4.98 Å². The number of hydrogen-bond acceptors (Lipinski definition) is 3. The van der Waals surface area contributed by atoms with Gasteiger partial charge in [-0.1, -0.05) is 218 Å². The van der Waals surface area contributed by atoms with E-state index in [-0.39, 0.29) is 48.8 Å². The molecule has 1 N–H and O–H groups in total. The third kappa shape index (κ3) is 10.0. The Bertz CT molecular complexity index is 3880. The number of imidazole rings is 1. The Kier molecular flexibility index (Phi) is 11.7. The molecule has 2 aromatic heterocycles. The van der Waals surface area contributed by atoms with Crippen LogP contribution in [0.5, 0.6) is 5.75 Å². The molecule has 5 heteroatoms. The van der Waals surface area contributed by atoms with Crippen molar-refractivity contribution in [1.29, 1.82) is 0 Å². The number of pyridine rings is 1. The molecule has 4 nitrogen and oxygen atoms in total. The molecule has 10 rings (SSSR count). The molecule has 0 saturated heterocycles. The molecule has 0 amide bonds. The normalized spacial score (nSPS) is 13.5. The van der Waals surface area contributed by atoms with Crippen molar-refractivity contribution in [3.63, 3.8) is 0 Å². The fourth-order valence-corrected chi connectivity index (χ4v) is 9.85. The maximum atomic E-state index is 12.7. The number of nitrogens with zero attached hydrogens (tertiary/aromatic N) is 3. The molecule has 0 aliphatic carbocycles. The van der Waals surface area contributed by atoms with Gasteiger partial charge >= 0.3 is 0 Å². The van der Waals surface area contributed by atoms with Gasteiger partial charge in [0, 0.05) is 46.7 Å². The second kappa shape index (κ2) is 19.7. The van der Waals surface area contributed by atoms with Crippen molar-refractivity contribution in [3.05, 3.63) is 216 Å². The standard InChI is InChI=1S/C68H64N3O.Pt/c1-43-28-30-46(31-29-43)48-34-35-69-59(40-48)52-38-50(45-20-14-12-15-21-45)37-51(39-52)55-25-19-27-61-63(55)70-65(56-41-53(66(3,4)5)42-58(64(56)72)68(9,10)11)71(61)60-33-32-49(36-44(60)2)62-54(47-22-16-13-17-23-47)24-18-26-57(62)67(6,7)8;/h12-38,40-42,72H,1-11H3;/q-1;/i1D3,2D3;. The molecular formula is C68H64N3OPt-. The number of benzene rings is 8. The Morgan fingerprint density at radius 3 is 1.82 bits per heavy atom. The SMILES string of the molecule is [2H]C([2H])([2H])c1ccc(-c2ccnc(-c3[c-]c(-c4cccc5c4nc(-c4cc(C(C)(C)C)cc(C(C)(C)C)c4O)n5-c4ccc(-c5c(-c6ccccc6)cccc5C(C)(C)C)cc4C([2H])([2H])[2H])cc(-c4ccccc4)c3)c2)cc1.[Pt]. The molecule has 2 heterocycles. The van der Waals surface area contributed by atoms with Crippen molar-refractivity contribution in [2.75, 3.05) is 0 Å². The molecule has 0 bridgehead atoms. The first-order valence-corrected chi connectivity index (χ1v) is 24.7. The number of hydrogen-bond donors (Lipinski definition) is 1. The maximum Gasteiger partial charge on any atom is 0.148 e. The number of fused-ring (bicyclic) bond motifs is 1. The summed E-state index contributed by atoms with van der Waals surface area (Å²) in [6.07, 6.45) is 1.75. The van der Waals surface area contributed by atoms with Crippen LogP contribution in [0.4, 0.5) is 0 Å². The summed E-state index contributed by atoms with van der Waals surface area (Å²) in [7, 11) is 0. The summed E-state index contributed by atoms with van der Waals surface area (Å²) in [5, 5.41) is 12.7. The van der Waals surface area contributed by atoms with Gasteiger partial charge in [-0.2, -0.15) is 0 Å². The van der Waals surface area contributed by atoms with Gasteiger partial charge in [0.15, 0.2) is 0 Å². The summed E-state index contributed by atoms with van der Waals surface area (Å²) in [5.41, 5.74) is 14.5. The number of rotatable bonds is 8. The van der Waals surface area contributed by atoms with Gasteiger partial charge in [-0.3, -0.25) is 9.55 Å². The zero-order valence-corrected chi connectivity index (χ0v) is 45.2. The fourth-order valence-electron chi connectivity index (χ4n) is 9.85. The van der Waals surface area contributed by atoms with Crippen LogP contribution in [0, 0.1) is 19.8 Å². The van der Waals surface area contributed by atoms with E-state index in [0.717, 1.165) is 77.9 Å². The van der Waals surface area contributed by atoms with Gasteiger partial charge in [-0.15, -0.1) is 23.8 Å². The van der Waals surface area contributed by atoms with Crippen LogP contribution in [0.2, 0.25) is 0 Å². The summed E-state index contributed by atoms with van der Waals surface area (Å²) >= 11 is 0. The third-order valence-corrected chi connectivity index (χ3v) is 13.7. The van der Waals surface area contributed by atoms with Gasteiger partial charge < -0.3 is 5.11 Å². The Hall–Kier alpha value is -7.13. The van der Waals surface area contributed by atoms with Crippen molar-refractivity contribution in [2.45, 2.75) is 92.3 Å². The molecule has 0 aliphatic heterocycles. The van der Waals surface area contributed by atoms with Gasteiger partial charge in [0.2, 0.25) is 0 Å². The Labute approximate surface area is 455 Å². The van der Waals surface area contributed by atoms with Crippen LogP contribution in [-0.4, -0.2) is 19.6 Å². The molecule has 0 fully saturated rings. The predicted octanol–water partition coefficient (Wildman–Crippen LogP) is 18.1.